The SMILES string of the molecule is COc1ccc([C@](C)(O)c2ccc(C)cc2)cc1. The smallest absolute Gasteiger partial charge is 0.118 e. The topological polar surface area (TPSA) is 29.5 Å². The van der Waals surface area contributed by atoms with Crippen molar-refractivity contribution in [2.45, 2.75) is 19.4 Å². The molecule has 0 bridgehead atoms. The summed E-state index contributed by atoms with van der Waals surface area (Å²) >= 11 is 0. The number of ether oxygens (including phenoxy) is 1. The molecule has 1 N–H and O–H groups in total. The fraction of sp³-hybridized carbons (Fsp3) is 0.250. The Morgan fingerprint density at radius 1 is 0.889 bits per heavy atom. The van der Waals surface area contributed by atoms with Gasteiger partial charge in [-0.25, -0.2) is 0 Å². The van der Waals surface area contributed by atoms with Gasteiger partial charge < -0.3 is 9.84 Å². The van der Waals surface area contributed by atoms with Gasteiger partial charge in [-0.05, 0) is 37.1 Å². The molecular weight excluding hydrogens is 224 g/mol. The second-order valence-corrected chi connectivity index (χ2v) is 4.67. The molecule has 2 heteroatoms. The lowest BCUT2D eigenvalue weighted by Crippen LogP contribution is -2.22. The third-order valence-corrected chi connectivity index (χ3v) is 3.27. The summed E-state index contributed by atoms with van der Waals surface area (Å²) in [7, 11) is 1.63. The summed E-state index contributed by atoms with van der Waals surface area (Å²) in [5.74, 6) is 0.790. The Labute approximate surface area is 108 Å². The molecule has 0 aliphatic heterocycles. The molecule has 0 unspecified atom stereocenters. The fourth-order valence-electron chi connectivity index (χ4n) is 1.96. The largest absolute Gasteiger partial charge is 0.497 e. The summed E-state index contributed by atoms with van der Waals surface area (Å²) in [5, 5.41) is 10.7. The van der Waals surface area contributed by atoms with Crippen molar-refractivity contribution in [2.75, 3.05) is 7.11 Å². The molecule has 0 spiro atoms. The highest BCUT2D eigenvalue weighted by Crippen LogP contribution is 2.30. The summed E-state index contributed by atoms with van der Waals surface area (Å²) in [6, 6.07) is 15.4. The molecule has 1 atom stereocenters. The zero-order valence-corrected chi connectivity index (χ0v) is 11.0. The van der Waals surface area contributed by atoms with Gasteiger partial charge in [0.05, 0.1) is 7.11 Å². The van der Waals surface area contributed by atoms with Crippen LogP contribution < -0.4 is 4.74 Å². The summed E-state index contributed by atoms with van der Waals surface area (Å²) in [6.45, 7) is 3.84. The van der Waals surface area contributed by atoms with Crippen LogP contribution in [0.2, 0.25) is 0 Å². The van der Waals surface area contributed by atoms with Crippen LogP contribution in [0.1, 0.15) is 23.6 Å². The Hall–Kier alpha value is -1.80. The van der Waals surface area contributed by atoms with Crippen LogP contribution in [-0.2, 0) is 5.60 Å². The van der Waals surface area contributed by atoms with E-state index in [4.69, 9.17) is 4.74 Å². The van der Waals surface area contributed by atoms with Crippen molar-refractivity contribution in [2.24, 2.45) is 0 Å². The monoisotopic (exact) mass is 242 g/mol. The second kappa shape index (κ2) is 4.83. The minimum Gasteiger partial charge on any atom is -0.497 e. The Bertz CT molecular complexity index is 510. The van der Waals surface area contributed by atoms with Crippen LogP contribution >= 0.6 is 0 Å². The standard InChI is InChI=1S/C16H18O2/c1-12-4-6-13(7-5-12)16(2,17)14-8-10-15(18-3)11-9-14/h4-11,17H,1-3H3/t16-/m1/s1. The van der Waals surface area contributed by atoms with Gasteiger partial charge in [0.25, 0.3) is 0 Å². The summed E-state index contributed by atoms with van der Waals surface area (Å²) in [4.78, 5) is 0. The Balaban J connectivity index is 2.37. The van der Waals surface area contributed by atoms with E-state index in [-0.39, 0.29) is 0 Å². The molecule has 0 saturated carbocycles. The van der Waals surface area contributed by atoms with E-state index < -0.39 is 5.60 Å². The average molecular weight is 242 g/mol. The van der Waals surface area contributed by atoms with Crippen molar-refractivity contribution in [3.8, 4) is 5.75 Å². The molecule has 2 nitrogen and oxygen atoms in total. The van der Waals surface area contributed by atoms with Gasteiger partial charge in [-0.15, -0.1) is 0 Å². The molecule has 94 valence electrons. The van der Waals surface area contributed by atoms with Crippen LogP contribution in [0.4, 0.5) is 0 Å². The molecule has 0 fully saturated rings. The molecule has 0 aromatic heterocycles. The van der Waals surface area contributed by atoms with Crippen LogP contribution in [0, 0.1) is 6.92 Å². The molecule has 0 aliphatic carbocycles. The van der Waals surface area contributed by atoms with E-state index in [1.807, 2.05) is 55.5 Å². The van der Waals surface area contributed by atoms with Crippen molar-refractivity contribution in [3.63, 3.8) is 0 Å². The fourth-order valence-corrected chi connectivity index (χ4v) is 1.96. The van der Waals surface area contributed by atoms with Crippen LogP contribution in [0.3, 0.4) is 0 Å². The number of benzene rings is 2. The lowest BCUT2D eigenvalue weighted by Gasteiger charge is -2.24. The van der Waals surface area contributed by atoms with Crippen molar-refractivity contribution >= 4 is 0 Å². The highest BCUT2D eigenvalue weighted by molar-refractivity contribution is 5.38. The highest BCUT2D eigenvalue weighted by Gasteiger charge is 2.25. The van der Waals surface area contributed by atoms with E-state index in [0.29, 0.717) is 0 Å². The normalized spacial score (nSPS) is 14.0. The molecule has 0 heterocycles. The maximum Gasteiger partial charge on any atom is 0.118 e. The maximum absolute atomic E-state index is 10.7. The summed E-state index contributed by atoms with van der Waals surface area (Å²) < 4.78 is 5.12. The van der Waals surface area contributed by atoms with Crippen LogP contribution in [0.25, 0.3) is 0 Å². The maximum atomic E-state index is 10.7. The number of aliphatic hydroxyl groups is 1. The van der Waals surface area contributed by atoms with Crippen LogP contribution in [-0.4, -0.2) is 12.2 Å². The number of hydrogen-bond donors (Lipinski definition) is 1. The molecule has 18 heavy (non-hydrogen) atoms. The van der Waals surface area contributed by atoms with Crippen molar-refractivity contribution < 1.29 is 9.84 Å². The molecule has 2 rings (SSSR count). The Morgan fingerprint density at radius 3 is 1.78 bits per heavy atom. The molecule has 0 aliphatic rings. The van der Waals surface area contributed by atoms with E-state index in [1.165, 1.54) is 5.56 Å². The molecule has 0 amide bonds. The van der Waals surface area contributed by atoms with E-state index in [1.54, 1.807) is 14.0 Å². The predicted octanol–water partition coefficient (Wildman–Crippen LogP) is 3.26. The third kappa shape index (κ3) is 2.39. The van der Waals surface area contributed by atoms with Gasteiger partial charge in [0, 0.05) is 0 Å². The molecule has 0 saturated heterocycles. The van der Waals surface area contributed by atoms with E-state index in [2.05, 4.69) is 0 Å². The highest BCUT2D eigenvalue weighted by atomic mass is 16.5. The van der Waals surface area contributed by atoms with Crippen molar-refractivity contribution in [3.05, 3.63) is 65.2 Å². The van der Waals surface area contributed by atoms with Gasteiger partial charge in [0.1, 0.15) is 11.4 Å². The number of methoxy groups -OCH3 is 1. The molecule has 2 aromatic carbocycles. The minimum absolute atomic E-state index is 0.790. The quantitative estimate of drug-likeness (QED) is 0.895. The van der Waals surface area contributed by atoms with Gasteiger partial charge in [0.15, 0.2) is 0 Å². The first-order valence-corrected chi connectivity index (χ1v) is 5.98. The molecular formula is C16H18O2. The minimum atomic E-state index is -0.986. The first kappa shape index (κ1) is 12.7. The van der Waals surface area contributed by atoms with E-state index >= 15 is 0 Å². The van der Waals surface area contributed by atoms with Gasteiger partial charge in [0.2, 0.25) is 0 Å². The molecule has 0 radical (unpaired) electrons. The van der Waals surface area contributed by atoms with E-state index in [9.17, 15) is 5.11 Å². The van der Waals surface area contributed by atoms with E-state index in [0.717, 1.165) is 16.9 Å². The zero-order valence-electron chi connectivity index (χ0n) is 11.0. The lowest BCUT2D eigenvalue weighted by atomic mass is 9.88. The van der Waals surface area contributed by atoms with Crippen molar-refractivity contribution in [1.82, 2.24) is 0 Å². The number of rotatable bonds is 3. The van der Waals surface area contributed by atoms with Crippen LogP contribution in [0.5, 0.6) is 5.75 Å². The first-order chi connectivity index (χ1) is 8.54. The third-order valence-electron chi connectivity index (χ3n) is 3.27. The zero-order chi connectivity index (χ0) is 13.2. The summed E-state index contributed by atoms with van der Waals surface area (Å²) in [5.41, 5.74) is 1.94. The first-order valence-electron chi connectivity index (χ1n) is 5.98. The number of aryl methyl sites for hydroxylation is 1. The predicted molar refractivity (Wildman–Crippen MR) is 72.8 cm³/mol. The Kier molecular flexibility index (Phi) is 3.39. The van der Waals surface area contributed by atoms with Gasteiger partial charge in [-0.3, -0.25) is 0 Å². The van der Waals surface area contributed by atoms with Crippen LogP contribution in [0.15, 0.2) is 48.5 Å². The average Bonchev–Trinajstić information content (AvgIpc) is 2.39. The van der Waals surface area contributed by atoms with Crippen molar-refractivity contribution in [1.29, 1.82) is 0 Å². The number of hydrogen-bond acceptors (Lipinski definition) is 2. The van der Waals surface area contributed by atoms with Gasteiger partial charge in [-0.1, -0.05) is 42.0 Å². The van der Waals surface area contributed by atoms with Gasteiger partial charge >= 0.3 is 0 Å². The lowest BCUT2D eigenvalue weighted by molar-refractivity contribution is 0.102. The second-order valence-electron chi connectivity index (χ2n) is 4.67. The van der Waals surface area contributed by atoms with Gasteiger partial charge in [-0.2, -0.15) is 0 Å². The molecule has 2 aromatic rings. The summed E-state index contributed by atoms with van der Waals surface area (Å²) in [6.07, 6.45) is 0. The Morgan fingerprint density at radius 2 is 1.33 bits per heavy atom.